The molecule has 0 radical (unpaired) electrons. The van der Waals surface area contributed by atoms with Gasteiger partial charge in [0.15, 0.2) is 0 Å². The molecule has 0 aliphatic carbocycles. The largest absolute Gasteiger partial charge is 0.249 e. The Morgan fingerprint density at radius 2 is 1.62 bits per heavy atom. The van der Waals surface area contributed by atoms with E-state index in [4.69, 9.17) is 0 Å². The second-order valence-electron chi connectivity index (χ2n) is 3.64. The van der Waals surface area contributed by atoms with Gasteiger partial charge in [0.05, 0.1) is 20.6 Å². The van der Waals surface area contributed by atoms with Crippen molar-refractivity contribution in [2.24, 2.45) is 0 Å². The molecule has 4 heteroatoms. The van der Waals surface area contributed by atoms with Gasteiger partial charge in [0.2, 0.25) is 0 Å². The lowest BCUT2D eigenvalue weighted by Gasteiger charge is -2.16. The van der Waals surface area contributed by atoms with E-state index in [-0.39, 0.29) is 0 Å². The molecule has 0 saturated carbocycles. The van der Waals surface area contributed by atoms with E-state index >= 15 is 0 Å². The summed E-state index contributed by atoms with van der Waals surface area (Å²) in [5, 5.41) is 0. The van der Waals surface area contributed by atoms with Gasteiger partial charge in [-0.2, -0.15) is 0 Å². The van der Waals surface area contributed by atoms with Gasteiger partial charge in [0.1, 0.15) is 0 Å². The van der Waals surface area contributed by atoms with Crippen LogP contribution in [0.4, 0.5) is 0 Å². The molecular formula is C12H6OS3. The smallest absolute Gasteiger partial charge is 0.0887 e. The van der Waals surface area contributed by atoms with E-state index in [1.807, 2.05) is 6.07 Å². The molecule has 78 valence electrons. The second-order valence-corrected chi connectivity index (χ2v) is 7.16. The molecule has 2 aliphatic rings. The van der Waals surface area contributed by atoms with E-state index in [1.165, 1.54) is 19.6 Å². The molecule has 0 saturated heterocycles. The minimum Gasteiger partial charge on any atom is -0.249 e. The zero-order chi connectivity index (χ0) is 10.7. The van der Waals surface area contributed by atoms with Gasteiger partial charge in [0.25, 0.3) is 0 Å². The van der Waals surface area contributed by atoms with Gasteiger partial charge in [-0.3, -0.25) is 0 Å². The van der Waals surface area contributed by atoms with Gasteiger partial charge in [0, 0.05) is 19.6 Å². The molecule has 2 aromatic carbocycles. The Kier molecular flexibility index (Phi) is 1.84. The minimum absolute atomic E-state index is 0.815. The van der Waals surface area contributed by atoms with E-state index < -0.39 is 10.8 Å². The molecule has 2 heterocycles. The van der Waals surface area contributed by atoms with E-state index in [0.29, 0.717) is 0 Å². The first-order valence-corrected chi connectivity index (χ1v) is 7.66. The van der Waals surface area contributed by atoms with Gasteiger partial charge in [-0.05, 0) is 24.3 Å². The molecule has 0 fully saturated rings. The first kappa shape index (κ1) is 9.33. The van der Waals surface area contributed by atoms with Crippen LogP contribution < -0.4 is 0 Å². The molecule has 0 N–H and O–H groups in total. The summed E-state index contributed by atoms with van der Waals surface area (Å²) in [6.07, 6.45) is 0. The molecule has 1 nitrogen and oxygen atoms in total. The Labute approximate surface area is 104 Å². The lowest BCUT2D eigenvalue weighted by atomic mass is 10.3. The standard InChI is InChI=1S/C12H6OS3/c13-16-10-6-5-9-11(12(10)16)15-8-4-2-1-3-7(8)14-9/h1-6H. The van der Waals surface area contributed by atoms with Crippen LogP contribution >= 0.6 is 23.5 Å². The van der Waals surface area contributed by atoms with Crippen molar-refractivity contribution < 1.29 is 4.21 Å². The molecule has 2 aromatic rings. The van der Waals surface area contributed by atoms with Crippen LogP contribution in [0.15, 0.2) is 65.8 Å². The first-order valence-electron chi connectivity index (χ1n) is 4.88. The molecule has 0 bridgehead atoms. The molecule has 0 aromatic heterocycles. The summed E-state index contributed by atoms with van der Waals surface area (Å²) in [6, 6.07) is 12.5. The van der Waals surface area contributed by atoms with Crippen LogP contribution in [-0.2, 0) is 10.8 Å². The predicted octanol–water partition coefficient (Wildman–Crippen LogP) is 3.78. The number of hydrogen-bond acceptors (Lipinski definition) is 3. The third-order valence-corrected chi connectivity index (χ3v) is 6.72. The normalized spacial score (nSPS) is 19.6. The van der Waals surface area contributed by atoms with E-state index in [1.54, 1.807) is 23.5 Å². The molecule has 4 rings (SSSR count). The Morgan fingerprint density at radius 3 is 2.44 bits per heavy atom. The highest BCUT2D eigenvalue weighted by atomic mass is 32.2. The van der Waals surface area contributed by atoms with Gasteiger partial charge in [-0.25, -0.2) is 4.21 Å². The summed E-state index contributed by atoms with van der Waals surface area (Å²) in [6.45, 7) is 0. The van der Waals surface area contributed by atoms with Crippen molar-refractivity contribution in [1.82, 2.24) is 0 Å². The number of benzene rings is 2. The van der Waals surface area contributed by atoms with Crippen molar-refractivity contribution in [1.29, 1.82) is 0 Å². The highest BCUT2D eigenvalue weighted by molar-refractivity contribution is 8.05. The van der Waals surface area contributed by atoms with Crippen LogP contribution in [0.2, 0.25) is 0 Å². The summed E-state index contributed by atoms with van der Waals surface area (Å²) in [5.74, 6) is 0. The van der Waals surface area contributed by atoms with Crippen LogP contribution in [0.1, 0.15) is 0 Å². The SMILES string of the molecule is O=S1c2ccc3c(c21)Sc1ccccc1S3. The Bertz CT molecular complexity index is 649. The zero-order valence-corrected chi connectivity index (χ0v) is 10.5. The lowest BCUT2D eigenvalue weighted by Crippen LogP contribution is -1.87. The molecular weight excluding hydrogens is 256 g/mol. The Hall–Kier alpha value is -0.710. The van der Waals surface area contributed by atoms with Crippen molar-refractivity contribution in [3.05, 3.63) is 36.4 Å². The Balaban J connectivity index is 1.92. The number of rotatable bonds is 0. The third-order valence-electron chi connectivity index (χ3n) is 2.66. The average Bonchev–Trinajstić information content (AvgIpc) is 2.98. The van der Waals surface area contributed by atoms with Crippen LogP contribution in [0, 0.1) is 0 Å². The maximum absolute atomic E-state index is 11.6. The van der Waals surface area contributed by atoms with Crippen LogP contribution in [0.25, 0.3) is 0 Å². The maximum Gasteiger partial charge on any atom is 0.0887 e. The summed E-state index contributed by atoms with van der Waals surface area (Å²) in [4.78, 5) is 7.10. The third kappa shape index (κ3) is 1.18. The summed E-state index contributed by atoms with van der Waals surface area (Å²) in [5.41, 5.74) is 0. The van der Waals surface area contributed by atoms with E-state index in [2.05, 4.69) is 30.3 Å². The lowest BCUT2D eigenvalue weighted by molar-refractivity contribution is 0.692. The minimum atomic E-state index is -0.815. The first-order chi connectivity index (χ1) is 7.84. The highest BCUT2D eigenvalue weighted by Gasteiger charge is 2.35. The topological polar surface area (TPSA) is 17.1 Å². The predicted molar refractivity (Wildman–Crippen MR) is 65.8 cm³/mol. The molecule has 1 unspecified atom stereocenters. The monoisotopic (exact) mass is 262 g/mol. The second kappa shape index (κ2) is 3.15. The number of hydrogen-bond donors (Lipinski definition) is 0. The van der Waals surface area contributed by atoms with Crippen LogP contribution in [0.3, 0.4) is 0 Å². The molecule has 16 heavy (non-hydrogen) atoms. The quantitative estimate of drug-likeness (QED) is 0.449. The van der Waals surface area contributed by atoms with E-state index in [0.717, 1.165) is 9.79 Å². The highest BCUT2D eigenvalue weighted by Crippen LogP contribution is 2.55. The molecule has 1 atom stereocenters. The fraction of sp³-hybridized carbons (Fsp3) is 0. The average molecular weight is 262 g/mol. The molecule has 0 spiro atoms. The van der Waals surface area contributed by atoms with Crippen LogP contribution in [-0.4, -0.2) is 4.21 Å². The van der Waals surface area contributed by atoms with Gasteiger partial charge < -0.3 is 0 Å². The molecule has 2 aliphatic heterocycles. The van der Waals surface area contributed by atoms with E-state index in [9.17, 15) is 4.21 Å². The Morgan fingerprint density at radius 1 is 0.875 bits per heavy atom. The van der Waals surface area contributed by atoms with Crippen molar-refractivity contribution >= 4 is 34.3 Å². The fourth-order valence-corrected chi connectivity index (χ4v) is 5.65. The zero-order valence-electron chi connectivity index (χ0n) is 8.10. The molecule has 0 amide bonds. The van der Waals surface area contributed by atoms with Gasteiger partial charge >= 0.3 is 0 Å². The van der Waals surface area contributed by atoms with Crippen molar-refractivity contribution in [2.45, 2.75) is 29.4 Å². The van der Waals surface area contributed by atoms with Gasteiger partial charge in [-0.1, -0.05) is 35.7 Å². The number of fused-ring (bicyclic) bond motifs is 4. The summed E-state index contributed by atoms with van der Waals surface area (Å²) >= 11 is 3.53. The van der Waals surface area contributed by atoms with Crippen molar-refractivity contribution in [3.63, 3.8) is 0 Å². The van der Waals surface area contributed by atoms with Gasteiger partial charge in [-0.15, -0.1) is 0 Å². The van der Waals surface area contributed by atoms with Crippen LogP contribution in [0.5, 0.6) is 0 Å². The summed E-state index contributed by atoms with van der Waals surface area (Å²) in [7, 11) is -0.815. The fourth-order valence-electron chi connectivity index (χ4n) is 1.84. The maximum atomic E-state index is 11.6. The summed E-state index contributed by atoms with van der Waals surface area (Å²) < 4.78 is 11.6. The van der Waals surface area contributed by atoms with Crippen molar-refractivity contribution in [2.75, 3.05) is 0 Å². The van der Waals surface area contributed by atoms with Crippen molar-refractivity contribution in [3.8, 4) is 0 Å².